The van der Waals surface area contributed by atoms with Gasteiger partial charge in [-0.15, -0.1) is 0 Å². The molecule has 0 radical (unpaired) electrons. The number of nitrogens with one attached hydrogen (secondary N) is 3. The van der Waals surface area contributed by atoms with E-state index in [9.17, 15) is 14.0 Å². The zero-order valence-corrected chi connectivity index (χ0v) is 19.5. The summed E-state index contributed by atoms with van der Waals surface area (Å²) >= 11 is 0. The van der Waals surface area contributed by atoms with Crippen molar-refractivity contribution in [3.8, 4) is 11.8 Å². The molecule has 0 fully saturated rings. The molecular weight excluding hydrogens is 478 g/mol. The van der Waals surface area contributed by atoms with E-state index in [-0.39, 0.29) is 34.5 Å². The molecule has 190 valence electrons. The van der Waals surface area contributed by atoms with Crippen molar-refractivity contribution in [1.82, 2.24) is 15.3 Å². The molecule has 3 aromatic rings. The molecule has 2 atom stereocenters. The quantitative estimate of drug-likeness (QED) is 0.280. The average molecular weight is 502 g/mol. The Morgan fingerprint density at radius 1 is 1.00 bits per heavy atom. The molecule has 2 amide bonds. The highest BCUT2D eigenvalue weighted by atomic mass is 19.1. The molecule has 0 saturated heterocycles. The predicted molar refractivity (Wildman–Crippen MR) is 127 cm³/mol. The number of hydrogen-bond donors (Lipinski definition) is 5. The minimum absolute atomic E-state index is 0.0667. The summed E-state index contributed by atoms with van der Waals surface area (Å²) < 4.78 is 39.9. The second kappa shape index (κ2) is 11.2. The SMILES string of the molecule is COc1cc(Nc2nc(N[C@H](c3ccccc3F)[C@H](C)NC(=O)O)c(F)cc2C(N)=O)cc(OC)n1. The fraction of sp³-hybridized carbons (Fsp3) is 0.217. The third-order valence-electron chi connectivity index (χ3n) is 5.08. The Morgan fingerprint density at radius 3 is 2.19 bits per heavy atom. The molecule has 2 aromatic heterocycles. The Kier molecular flexibility index (Phi) is 8.04. The molecule has 13 heteroatoms. The van der Waals surface area contributed by atoms with Gasteiger partial charge in [-0.2, -0.15) is 4.98 Å². The van der Waals surface area contributed by atoms with Gasteiger partial charge < -0.3 is 36.3 Å². The highest BCUT2D eigenvalue weighted by Crippen LogP contribution is 2.30. The Labute approximate surface area is 204 Å². The van der Waals surface area contributed by atoms with Gasteiger partial charge in [0.15, 0.2) is 11.6 Å². The molecule has 0 unspecified atom stereocenters. The first-order valence-corrected chi connectivity index (χ1v) is 10.5. The van der Waals surface area contributed by atoms with E-state index in [0.29, 0.717) is 5.69 Å². The summed E-state index contributed by atoms with van der Waals surface area (Å²) in [5.74, 6) is -2.72. The van der Waals surface area contributed by atoms with Gasteiger partial charge in [0, 0.05) is 17.7 Å². The van der Waals surface area contributed by atoms with Gasteiger partial charge >= 0.3 is 6.09 Å². The summed E-state index contributed by atoms with van der Waals surface area (Å²) in [7, 11) is 2.79. The molecule has 0 aliphatic heterocycles. The topological polar surface area (TPSA) is 161 Å². The number of carboxylic acid groups (broad SMARTS) is 1. The fourth-order valence-corrected chi connectivity index (χ4v) is 3.40. The van der Waals surface area contributed by atoms with E-state index >= 15 is 4.39 Å². The molecule has 11 nitrogen and oxygen atoms in total. The number of carbonyl (C=O) groups is 2. The smallest absolute Gasteiger partial charge is 0.404 e. The molecule has 0 aliphatic carbocycles. The van der Waals surface area contributed by atoms with E-state index < -0.39 is 35.7 Å². The van der Waals surface area contributed by atoms with Crippen molar-refractivity contribution in [1.29, 1.82) is 0 Å². The van der Waals surface area contributed by atoms with Crippen LogP contribution in [-0.2, 0) is 0 Å². The summed E-state index contributed by atoms with van der Waals surface area (Å²) in [6, 6.07) is 7.47. The maximum Gasteiger partial charge on any atom is 0.404 e. The number of ether oxygens (including phenoxy) is 2. The van der Waals surface area contributed by atoms with E-state index in [1.54, 1.807) is 6.07 Å². The van der Waals surface area contributed by atoms with Crippen molar-refractivity contribution >= 4 is 29.3 Å². The van der Waals surface area contributed by atoms with Gasteiger partial charge in [-0.25, -0.2) is 18.6 Å². The molecule has 36 heavy (non-hydrogen) atoms. The van der Waals surface area contributed by atoms with Crippen LogP contribution in [0.1, 0.15) is 28.9 Å². The molecule has 1 aromatic carbocycles. The standard InChI is InChI=1S/C23H24F2N6O5/c1-11(27-23(33)34)19(13-6-4-5-7-15(13)24)30-22-16(25)10-14(20(26)32)21(31-22)28-12-8-17(35-2)29-18(9-12)36-3/h4-11,19,27H,1-3H3,(H2,26,32)(H,33,34)(H2,28,29,30,31)/t11-,19-/m0/s1. The van der Waals surface area contributed by atoms with Crippen LogP contribution in [0, 0.1) is 11.6 Å². The second-order valence-corrected chi connectivity index (χ2v) is 7.53. The minimum atomic E-state index is -1.36. The van der Waals surface area contributed by atoms with Crippen molar-refractivity contribution in [2.24, 2.45) is 5.73 Å². The van der Waals surface area contributed by atoms with Crippen LogP contribution in [-0.4, -0.2) is 47.3 Å². The number of nitrogens with two attached hydrogens (primary N) is 1. The Hall–Kier alpha value is -4.68. The molecule has 0 aliphatic rings. The predicted octanol–water partition coefficient (Wildman–Crippen LogP) is 3.42. The lowest BCUT2D eigenvalue weighted by Crippen LogP contribution is -2.39. The summed E-state index contributed by atoms with van der Waals surface area (Å²) in [6.07, 6.45) is -1.36. The van der Waals surface area contributed by atoms with Gasteiger partial charge in [0.05, 0.1) is 37.6 Å². The highest BCUT2D eigenvalue weighted by Gasteiger charge is 2.26. The van der Waals surface area contributed by atoms with Crippen molar-refractivity contribution < 1.29 is 33.0 Å². The summed E-state index contributed by atoms with van der Waals surface area (Å²) in [6.45, 7) is 1.47. The van der Waals surface area contributed by atoms with Crippen molar-refractivity contribution in [3.63, 3.8) is 0 Å². The third-order valence-corrected chi connectivity index (χ3v) is 5.08. The van der Waals surface area contributed by atoms with Crippen LogP contribution in [0.5, 0.6) is 11.8 Å². The van der Waals surface area contributed by atoms with Crippen LogP contribution >= 0.6 is 0 Å². The van der Waals surface area contributed by atoms with E-state index in [1.807, 2.05) is 0 Å². The van der Waals surface area contributed by atoms with Crippen LogP contribution < -0.4 is 31.2 Å². The fourth-order valence-electron chi connectivity index (χ4n) is 3.40. The van der Waals surface area contributed by atoms with Crippen LogP contribution in [0.15, 0.2) is 42.5 Å². The number of methoxy groups -OCH3 is 2. The maximum atomic E-state index is 15.0. The number of hydrogen-bond acceptors (Lipinski definition) is 8. The van der Waals surface area contributed by atoms with Gasteiger partial charge in [0.25, 0.3) is 5.91 Å². The maximum absolute atomic E-state index is 15.0. The lowest BCUT2D eigenvalue weighted by Gasteiger charge is -2.27. The normalized spacial score (nSPS) is 12.2. The van der Waals surface area contributed by atoms with E-state index in [4.69, 9.17) is 20.3 Å². The number of primary amides is 1. The highest BCUT2D eigenvalue weighted by molar-refractivity contribution is 5.98. The number of amides is 2. The Morgan fingerprint density at radius 2 is 1.64 bits per heavy atom. The van der Waals surface area contributed by atoms with Gasteiger partial charge in [-0.1, -0.05) is 18.2 Å². The lowest BCUT2D eigenvalue weighted by atomic mass is 9.99. The van der Waals surface area contributed by atoms with Crippen LogP contribution in [0.25, 0.3) is 0 Å². The average Bonchev–Trinajstić information content (AvgIpc) is 2.83. The van der Waals surface area contributed by atoms with Gasteiger partial charge in [0.1, 0.15) is 11.6 Å². The molecule has 3 rings (SSSR count). The largest absolute Gasteiger partial charge is 0.481 e. The number of aromatic nitrogens is 2. The number of halogens is 2. The van der Waals surface area contributed by atoms with Gasteiger partial charge in [-0.3, -0.25) is 4.79 Å². The first kappa shape index (κ1) is 25.9. The molecule has 0 bridgehead atoms. The van der Waals surface area contributed by atoms with Crippen LogP contribution in [0.2, 0.25) is 0 Å². The minimum Gasteiger partial charge on any atom is -0.481 e. The Balaban J connectivity index is 2.06. The van der Waals surface area contributed by atoms with Gasteiger partial charge in [-0.05, 0) is 19.1 Å². The van der Waals surface area contributed by atoms with Crippen molar-refractivity contribution in [3.05, 3.63) is 65.2 Å². The zero-order valence-electron chi connectivity index (χ0n) is 19.5. The molecule has 0 saturated carbocycles. The first-order chi connectivity index (χ1) is 17.1. The van der Waals surface area contributed by atoms with Crippen LogP contribution in [0.4, 0.5) is 30.9 Å². The molecular formula is C23H24F2N6O5. The van der Waals surface area contributed by atoms with E-state index in [2.05, 4.69) is 25.9 Å². The monoisotopic (exact) mass is 502 g/mol. The lowest BCUT2D eigenvalue weighted by molar-refractivity contribution is 0.1000. The first-order valence-electron chi connectivity index (χ1n) is 10.5. The number of carbonyl (C=O) groups excluding carboxylic acids is 1. The number of anilines is 3. The number of pyridine rings is 2. The van der Waals surface area contributed by atoms with Crippen molar-refractivity contribution in [2.45, 2.75) is 19.0 Å². The molecule has 6 N–H and O–H groups in total. The number of benzene rings is 1. The number of nitrogens with zero attached hydrogens (tertiary/aromatic N) is 2. The van der Waals surface area contributed by atoms with E-state index in [1.165, 1.54) is 51.5 Å². The molecule has 2 heterocycles. The second-order valence-electron chi connectivity index (χ2n) is 7.53. The van der Waals surface area contributed by atoms with E-state index in [0.717, 1.165) is 6.07 Å². The number of rotatable bonds is 10. The molecule has 0 spiro atoms. The van der Waals surface area contributed by atoms with Crippen LogP contribution in [0.3, 0.4) is 0 Å². The Bertz CT molecular complexity index is 1250. The van der Waals surface area contributed by atoms with Gasteiger partial charge in [0.2, 0.25) is 11.8 Å². The summed E-state index contributed by atoms with van der Waals surface area (Å²) in [5.41, 5.74) is 5.55. The summed E-state index contributed by atoms with van der Waals surface area (Å²) in [5, 5.41) is 17.0. The van der Waals surface area contributed by atoms with Crippen molar-refractivity contribution in [2.75, 3.05) is 24.9 Å². The summed E-state index contributed by atoms with van der Waals surface area (Å²) in [4.78, 5) is 31.5. The zero-order chi connectivity index (χ0) is 26.4. The third kappa shape index (κ3) is 6.05.